The molecule has 0 aliphatic rings. The lowest BCUT2D eigenvalue weighted by molar-refractivity contribution is 1.12. The first-order valence-electron chi connectivity index (χ1n) is 5.50. The summed E-state index contributed by atoms with van der Waals surface area (Å²) in [4.78, 5) is 0. The Morgan fingerprint density at radius 3 is 2.39 bits per heavy atom. The van der Waals surface area contributed by atoms with Crippen LogP contribution in [0.5, 0.6) is 0 Å². The first-order chi connectivity index (χ1) is 8.56. The minimum Gasteiger partial charge on any atom is -0.380 e. The van der Waals surface area contributed by atoms with Gasteiger partial charge in [-0.25, -0.2) is 0 Å². The monoisotopic (exact) mass is 391 g/mol. The molecule has 1 nitrogen and oxygen atoms in total. The van der Waals surface area contributed by atoms with Crippen molar-refractivity contribution in [1.82, 2.24) is 0 Å². The number of hydrogen-bond acceptors (Lipinski definition) is 1. The highest BCUT2D eigenvalue weighted by atomic mass is 127. The highest BCUT2D eigenvalue weighted by molar-refractivity contribution is 14.1. The molecule has 0 saturated carbocycles. The van der Waals surface area contributed by atoms with Crippen LogP contribution in [0.3, 0.4) is 0 Å². The van der Waals surface area contributed by atoms with Gasteiger partial charge in [0.15, 0.2) is 0 Å². The van der Waals surface area contributed by atoms with E-state index in [4.69, 9.17) is 23.2 Å². The number of rotatable bonds is 3. The summed E-state index contributed by atoms with van der Waals surface area (Å²) in [5, 5.41) is 4.94. The van der Waals surface area contributed by atoms with Gasteiger partial charge in [-0.3, -0.25) is 0 Å². The van der Waals surface area contributed by atoms with Crippen LogP contribution >= 0.6 is 45.8 Å². The zero-order chi connectivity index (χ0) is 13.1. The molecule has 0 fully saturated rings. The molecule has 0 atom stereocenters. The standard InChI is InChI=1S/C14H12Cl2IN/c1-9-6-11(15)3-2-10(9)8-18-14-5-4-12(16)7-13(14)17/h2-7,18H,8H2,1H3. The van der Waals surface area contributed by atoms with Crippen molar-refractivity contribution in [3.05, 3.63) is 61.1 Å². The molecule has 0 bridgehead atoms. The van der Waals surface area contributed by atoms with Crippen LogP contribution in [0.4, 0.5) is 5.69 Å². The Labute approximate surface area is 131 Å². The molecule has 0 aromatic heterocycles. The Bertz CT molecular complexity index is 518. The molecule has 2 aromatic carbocycles. The third-order valence-electron chi connectivity index (χ3n) is 2.71. The maximum absolute atomic E-state index is 5.94. The second kappa shape index (κ2) is 6.13. The SMILES string of the molecule is Cc1cc(Cl)ccc1CNc1ccc(Cl)cc1I. The molecule has 2 rings (SSSR count). The lowest BCUT2D eigenvalue weighted by Gasteiger charge is -2.11. The highest BCUT2D eigenvalue weighted by Crippen LogP contribution is 2.23. The molecule has 1 N–H and O–H groups in total. The van der Waals surface area contributed by atoms with E-state index in [1.807, 2.05) is 36.4 Å². The Morgan fingerprint density at radius 2 is 1.72 bits per heavy atom. The molecule has 0 radical (unpaired) electrons. The summed E-state index contributed by atoms with van der Waals surface area (Å²) in [5.74, 6) is 0. The zero-order valence-electron chi connectivity index (χ0n) is 9.81. The predicted molar refractivity (Wildman–Crippen MR) is 87.7 cm³/mol. The summed E-state index contributed by atoms with van der Waals surface area (Å²) in [6, 6.07) is 11.8. The number of nitrogens with one attached hydrogen (secondary N) is 1. The Hall–Kier alpha value is -0.450. The minimum absolute atomic E-state index is 0.757. The molecule has 2 aromatic rings. The van der Waals surface area contributed by atoms with E-state index in [1.165, 1.54) is 11.1 Å². The van der Waals surface area contributed by atoms with E-state index in [0.29, 0.717) is 0 Å². The Balaban J connectivity index is 2.11. The second-order valence-corrected chi connectivity index (χ2v) is 6.08. The predicted octanol–water partition coefficient (Wildman–Crippen LogP) is 5.52. The van der Waals surface area contributed by atoms with Crippen LogP contribution in [0, 0.1) is 10.5 Å². The van der Waals surface area contributed by atoms with Gasteiger partial charge in [0.1, 0.15) is 0 Å². The van der Waals surface area contributed by atoms with Gasteiger partial charge in [0.05, 0.1) is 0 Å². The average Bonchev–Trinajstić information content (AvgIpc) is 2.30. The quantitative estimate of drug-likeness (QED) is 0.679. The number of benzene rings is 2. The number of anilines is 1. The van der Waals surface area contributed by atoms with Gasteiger partial charge in [-0.1, -0.05) is 29.3 Å². The molecule has 0 aliphatic carbocycles. The Kier molecular flexibility index (Phi) is 4.76. The molecular weight excluding hydrogens is 380 g/mol. The van der Waals surface area contributed by atoms with Crippen LogP contribution in [-0.2, 0) is 6.54 Å². The van der Waals surface area contributed by atoms with Crippen LogP contribution in [0.15, 0.2) is 36.4 Å². The van der Waals surface area contributed by atoms with Crippen LogP contribution in [-0.4, -0.2) is 0 Å². The third kappa shape index (κ3) is 3.53. The van der Waals surface area contributed by atoms with E-state index in [2.05, 4.69) is 34.8 Å². The van der Waals surface area contributed by atoms with E-state index in [-0.39, 0.29) is 0 Å². The summed E-state index contributed by atoms with van der Waals surface area (Å²) in [6.45, 7) is 2.84. The van der Waals surface area contributed by atoms with Gasteiger partial charge in [0, 0.05) is 25.8 Å². The largest absolute Gasteiger partial charge is 0.380 e. The summed E-state index contributed by atoms with van der Waals surface area (Å²) in [7, 11) is 0. The fourth-order valence-electron chi connectivity index (χ4n) is 1.68. The molecular formula is C14H12Cl2IN. The summed E-state index contributed by atoms with van der Waals surface area (Å²) in [5.41, 5.74) is 3.53. The fraction of sp³-hybridized carbons (Fsp3) is 0.143. The van der Waals surface area contributed by atoms with Crippen molar-refractivity contribution in [2.24, 2.45) is 0 Å². The van der Waals surface area contributed by atoms with Gasteiger partial charge < -0.3 is 5.32 Å². The lowest BCUT2D eigenvalue weighted by atomic mass is 10.1. The van der Waals surface area contributed by atoms with Gasteiger partial charge in [-0.05, 0) is 71.0 Å². The molecule has 4 heteroatoms. The number of hydrogen-bond donors (Lipinski definition) is 1. The zero-order valence-corrected chi connectivity index (χ0v) is 13.5. The molecule has 0 saturated heterocycles. The molecule has 0 aliphatic heterocycles. The minimum atomic E-state index is 0.757. The fourth-order valence-corrected chi connectivity index (χ4v) is 2.97. The van der Waals surface area contributed by atoms with E-state index in [9.17, 15) is 0 Å². The molecule has 0 spiro atoms. The van der Waals surface area contributed by atoms with Crippen LogP contribution < -0.4 is 5.32 Å². The van der Waals surface area contributed by atoms with Crippen molar-refractivity contribution < 1.29 is 0 Å². The molecule has 0 amide bonds. The van der Waals surface area contributed by atoms with Crippen molar-refractivity contribution in [2.45, 2.75) is 13.5 Å². The first kappa shape index (κ1) is 14.0. The lowest BCUT2D eigenvalue weighted by Crippen LogP contribution is -2.02. The second-order valence-electron chi connectivity index (χ2n) is 4.05. The van der Waals surface area contributed by atoms with E-state index >= 15 is 0 Å². The van der Waals surface area contributed by atoms with Crippen LogP contribution in [0.1, 0.15) is 11.1 Å². The maximum atomic E-state index is 5.94. The number of aryl methyl sites for hydroxylation is 1. The normalized spacial score (nSPS) is 10.4. The molecule has 0 unspecified atom stereocenters. The van der Waals surface area contributed by atoms with E-state index in [0.717, 1.165) is 25.8 Å². The smallest absolute Gasteiger partial charge is 0.0479 e. The Morgan fingerprint density at radius 1 is 1.06 bits per heavy atom. The average molecular weight is 392 g/mol. The highest BCUT2D eigenvalue weighted by Gasteiger charge is 2.02. The molecule has 18 heavy (non-hydrogen) atoms. The third-order valence-corrected chi connectivity index (χ3v) is 4.07. The van der Waals surface area contributed by atoms with Crippen LogP contribution in [0.25, 0.3) is 0 Å². The molecule has 0 heterocycles. The van der Waals surface area contributed by atoms with Gasteiger partial charge in [0.2, 0.25) is 0 Å². The summed E-state index contributed by atoms with van der Waals surface area (Å²) < 4.78 is 1.12. The number of halogens is 3. The van der Waals surface area contributed by atoms with Gasteiger partial charge in [0.25, 0.3) is 0 Å². The summed E-state index contributed by atoms with van der Waals surface area (Å²) in [6.07, 6.45) is 0. The van der Waals surface area contributed by atoms with Crippen molar-refractivity contribution in [3.63, 3.8) is 0 Å². The maximum Gasteiger partial charge on any atom is 0.0479 e. The van der Waals surface area contributed by atoms with E-state index < -0.39 is 0 Å². The first-order valence-corrected chi connectivity index (χ1v) is 7.33. The van der Waals surface area contributed by atoms with Crippen molar-refractivity contribution in [1.29, 1.82) is 0 Å². The van der Waals surface area contributed by atoms with Gasteiger partial charge in [-0.15, -0.1) is 0 Å². The van der Waals surface area contributed by atoms with Crippen molar-refractivity contribution in [2.75, 3.05) is 5.32 Å². The van der Waals surface area contributed by atoms with Crippen molar-refractivity contribution >= 4 is 51.5 Å². The van der Waals surface area contributed by atoms with E-state index in [1.54, 1.807) is 0 Å². The van der Waals surface area contributed by atoms with Crippen molar-refractivity contribution in [3.8, 4) is 0 Å². The van der Waals surface area contributed by atoms with Crippen LogP contribution in [0.2, 0.25) is 10.0 Å². The van der Waals surface area contributed by atoms with Gasteiger partial charge >= 0.3 is 0 Å². The van der Waals surface area contributed by atoms with Gasteiger partial charge in [-0.2, -0.15) is 0 Å². The molecule has 94 valence electrons. The summed E-state index contributed by atoms with van der Waals surface area (Å²) >= 11 is 14.1. The topological polar surface area (TPSA) is 12.0 Å².